The number of hydrogen-bond donors (Lipinski definition) is 1. The Morgan fingerprint density at radius 3 is 2.67 bits per heavy atom. The van der Waals surface area contributed by atoms with Crippen LogP contribution in [0.3, 0.4) is 0 Å². The second-order valence-corrected chi connectivity index (χ2v) is 4.51. The Hall–Kier alpha value is -2.28. The molecule has 1 aromatic carbocycles. The number of hydrogen-bond acceptors (Lipinski definition) is 4. The van der Waals surface area contributed by atoms with E-state index >= 15 is 0 Å². The predicted octanol–water partition coefficient (Wildman–Crippen LogP) is 2.89. The molecule has 0 bridgehead atoms. The fraction of sp³-hybridized carbons (Fsp3) is 0.154. The number of halogens is 3. The first kappa shape index (κ1) is 15.1. The third-order valence-corrected chi connectivity index (χ3v) is 2.86. The van der Waals surface area contributed by atoms with Gasteiger partial charge in [-0.2, -0.15) is 8.78 Å². The number of carbonyl (C=O) groups excluding carboxylic acids is 1. The lowest BCUT2D eigenvalue weighted by atomic mass is 9.98. The molecule has 110 valence electrons. The summed E-state index contributed by atoms with van der Waals surface area (Å²) in [5.74, 6) is -0.806. The first-order valence-electron chi connectivity index (χ1n) is 5.74. The summed E-state index contributed by atoms with van der Waals surface area (Å²) in [7, 11) is 0. The molecule has 0 atom stereocenters. The zero-order valence-corrected chi connectivity index (χ0v) is 11.4. The Labute approximate surface area is 122 Å². The van der Waals surface area contributed by atoms with Crippen LogP contribution in [-0.4, -0.2) is 22.6 Å². The van der Waals surface area contributed by atoms with Gasteiger partial charge in [-0.15, -0.1) is 5.10 Å². The van der Waals surface area contributed by atoms with Crippen molar-refractivity contribution in [2.24, 2.45) is 0 Å². The average molecular weight is 315 g/mol. The number of benzene rings is 1. The monoisotopic (exact) mass is 314 g/mol. The van der Waals surface area contributed by atoms with Crippen molar-refractivity contribution in [1.82, 2.24) is 10.2 Å². The summed E-state index contributed by atoms with van der Waals surface area (Å²) in [5, 5.41) is 5.70. The predicted molar refractivity (Wildman–Crippen MR) is 71.9 cm³/mol. The fourth-order valence-electron chi connectivity index (χ4n) is 1.80. The molecule has 0 aliphatic heterocycles. The number of Topliss-reactive ketones (excluding diaryl/α,β-unsaturated/α-hetero) is 1. The van der Waals surface area contributed by atoms with E-state index in [1.165, 1.54) is 25.1 Å². The molecule has 2 rings (SSSR count). The van der Waals surface area contributed by atoms with E-state index in [9.17, 15) is 18.4 Å². The largest absolute Gasteiger partial charge is 0.415 e. The Morgan fingerprint density at radius 1 is 1.33 bits per heavy atom. The molecule has 1 aromatic heterocycles. The van der Waals surface area contributed by atoms with Crippen LogP contribution in [0.1, 0.15) is 17.3 Å². The summed E-state index contributed by atoms with van der Waals surface area (Å²) in [6.45, 7) is -1.82. The molecule has 1 heterocycles. The zero-order chi connectivity index (χ0) is 15.6. The van der Waals surface area contributed by atoms with E-state index in [4.69, 9.17) is 11.6 Å². The van der Waals surface area contributed by atoms with Gasteiger partial charge in [0.05, 0.1) is 5.56 Å². The van der Waals surface area contributed by atoms with Gasteiger partial charge < -0.3 is 4.74 Å². The smallest absolute Gasteiger partial charge is 0.388 e. The van der Waals surface area contributed by atoms with Crippen molar-refractivity contribution in [2.45, 2.75) is 13.5 Å². The highest BCUT2D eigenvalue weighted by Gasteiger charge is 2.18. The SMILES string of the molecule is CC(=O)c1ccc(Cl)cc1-c1cc(=O)[nH]nc1OC(F)F. The molecule has 5 nitrogen and oxygen atoms in total. The van der Waals surface area contributed by atoms with Crippen molar-refractivity contribution in [3.8, 4) is 17.0 Å². The molecule has 8 heteroatoms. The Kier molecular flexibility index (Phi) is 4.32. The molecule has 0 spiro atoms. The molecule has 0 aliphatic carbocycles. The first-order valence-corrected chi connectivity index (χ1v) is 6.11. The molecule has 0 radical (unpaired) electrons. The standard InChI is InChI=1S/C13H9ClF2N2O3/c1-6(19)8-3-2-7(14)4-9(8)10-5-11(20)17-18-12(10)21-13(15)16/h2-5,13H,1H3,(H,17,20). The number of H-pyrrole nitrogens is 1. The molecule has 0 aliphatic rings. The molecular weight excluding hydrogens is 306 g/mol. The van der Waals surface area contributed by atoms with E-state index in [1.807, 2.05) is 5.10 Å². The maximum atomic E-state index is 12.4. The summed E-state index contributed by atoms with van der Waals surface area (Å²) in [6.07, 6.45) is 0. The van der Waals surface area contributed by atoms with Crippen LogP contribution < -0.4 is 10.3 Å². The lowest BCUT2D eigenvalue weighted by Gasteiger charge is -2.11. The lowest BCUT2D eigenvalue weighted by Crippen LogP contribution is -2.13. The first-order chi connectivity index (χ1) is 9.88. The second-order valence-electron chi connectivity index (χ2n) is 4.08. The van der Waals surface area contributed by atoms with Crippen LogP contribution in [-0.2, 0) is 0 Å². The third kappa shape index (κ3) is 3.43. The van der Waals surface area contributed by atoms with Crippen molar-refractivity contribution in [3.63, 3.8) is 0 Å². The number of alkyl halides is 2. The van der Waals surface area contributed by atoms with Crippen LogP contribution in [0.25, 0.3) is 11.1 Å². The number of carbonyl (C=O) groups is 1. The highest BCUT2D eigenvalue weighted by Crippen LogP contribution is 2.32. The van der Waals surface area contributed by atoms with Crippen molar-refractivity contribution < 1.29 is 18.3 Å². The topological polar surface area (TPSA) is 72.0 Å². The van der Waals surface area contributed by atoms with Crippen molar-refractivity contribution >= 4 is 17.4 Å². The van der Waals surface area contributed by atoms with Gasteiger partial charge in [-0.25, -0.2) is 5.10 Å². The van der Waals surface area contributed by atoms with E-state index in [0.29, 0.717) is 0 Å². The van der Waals surface area contributed by atoms with Gasteiger partial charge in [0.25, 0.3) is 5.56 Å². The van der Waals surface area contributed by atoms with Gasteiger partial charge in [-0.1, -0.05) is 11.6 Å². The van der Waals surface area contributed by atoms with Gasteiger partial charge in [0, 0.05) is 16.7 Å². The van der Waals surface area contributed by atoms with Crippen LogP contribution in [0.15, 0.2) is 29.1 Å². The molecule has 0 fully saturated rings. The Morgan fingerprint density at radius 2 is 2.05 bits per heavy atom. The summed E-state index contributed by atoms with van der Waals surface area (Å²) in [6, 6.07) is 5.32. The summed E-state index contributed by atoms with van der Waals surface area (Å²) < 4.78 is 29.1. The van der Waals surface area contributed by atoms with E-state index in [2.05, 4.69) is 9.84 Å². The van der Waals surface area contributed by atoms with Gasteiger partial charge in [-0.05, 0) is 30.7 Å². The van der Waals surface area contributed by atoms with Gasteiger partial charge in [-0.3, -0.25) is 9.59 Å². The van der Waals surface area contributed by atoms with E-state index in [0.717, 1.165) is 6.07 Å². The van der Waals surface area contributed by atoms with Crippen molar-refractivity contribution in [1.29, 1.82) is 0 Å². The van der Waals surface area contributed by atoms with E-state index in [1.54, 1.807) is 0 Å². The molecule has 0 saturated carbocycles. The summed E-state index contributed by atoms with van der Waals surface area (Å²) in [5.41, 5.74) is -0.247. The van der Waals surface area contributed by atoms with E-state index < -0.39 is 18.1 Å². The number of nitrogens with one attached hydrogen (secondary N) is 1. The van der Waals surface area contributed by atoms with Gasteiger partial charge in [0.1, 0.15) is 0 Å². The quantitative estimate of drug-likeness (QED) is 0.881. The molecular formula is C13H9ClF2N2O3. The molecule has 0 saturated heterocycles. The van der Waals surface area contributed by atoms with Crippen LogP contribution in [0, 0.1) is 0 Å². The molecule has 0 unspecified atom stereocenters. The minimum Gasteiger partial charge on any atom is -0.415 e. The maximum absolute atomic E-state index is 12.4. The normalized spacial score (nSPS) is 10.7. The Balaban J connectivity index is 2.71. The molecule has 21 heavy (non-hydrogen) atoms. The molecule has 2 aromatic rings. The second kappa shape index (κ2) is 6.01. The van der Waals surface area contributed by atoms with Crippen molar-refractivity contribution in [3.05, 3.63) is 45.2 Å². The number of ketones is 1. The highest BCUT2D eigenvalue weighted by molar-refractivity contribution is 6.31. The maximum Gasteiger partial charge on any atom is 0.388 e. The highest BCUT2D eigenvalue weighted by atomic mass is 35.5. The minimum atomic E-state index is -3.12. The van der Waals surface area contributed by atoms with Crippen LogP contribution in [0.5, 0.6) is 5.88 Å². The zero-order valence-electron chi connectivity index (χ0n) is 10.7. The van der Waals surface area contributed by atoms with Crippen LogP contribution in [0.2, 0.25) is 5.02 Å². The number of aromatic amines is 1. The number of ether oxygens (including phenoxy) is 1. The third-order valence-electron chi connectivity index (χ3n) is 2.63. The number of aromatic nitrogens is 2. The number of rotatable bonds is 4. The number of nitrogens with zero attached hydrogens (tertiary/aromatic N) is 1. The van der Waals surface area contributed by atoms with Gasteiger partial charge in [0.15, 0.2) is 5.78 Å². The Bertz CT molecular complexity index is 746. The molecule has 1 N–H and O–H groups in total. The van der Waals surface area contributed by atoms with Crippen LogP contribution >= 0.6 is 11.6 Å². The van der Waals surface area contributed by atoms with Crippen LogP contribution in [0.4, 0.5) is 8.78 Å². The summed E-state index contributed by atoms with van der Waals surface area (Å²) in [4.78, 5) is 23.0. The van der Waals surface area contributed by atoms with Crippen molar-refractivity contribution in [2.75, 3.05) is 0 Å². The molecule has 0 amide bonds. The van der Waals surface area contributed by atoms with E-state index in [-0.39, 0.29) is 27.5 Å². The fourth-order valence-corrected chi connectivity index (χ4v) is 1.98. The summed E-state index contributed by atoms with van der Waals surface area (Å²) >= 11 is 5.86. The van der Waals surface area contributed by atoms with Gasteiger partial charge in [0.2, 0.25) is 5.88 Å². The average Bonchev–Trinajstić information content (AvgIpc) is 2.39. The lowest BCUT2D eigenvalue weighted by molar-refractivity contribution is -0.0530. The van der Waals surface area contributed by atoms with Gasteiger partial charge >= 0.3 is 6.61 Å². The minimum absolute atomic E-state index is 0.0354.